The van der Waals surface area contributed by atoms with Crippen LogP contribution in [0.4, 0.5) is 17.1 Å². The Hall–Kier alpha value is -1.82. The third-order valence-corrected chi connectivity index (χ3v) is 3.29. The molecule has 0 fully saturated rings. The van der Waals surface area contributed by atoms with Gasteiger partial charge in [0.25, 0.3) is 5.69 Å². The van der Waals surface area contributed by atoms with Crippen molar-refractivity contribution in [1.29, 1.82) is 0 Å². The van der Waals surface area contributed by atoms with E-state index in [1.807, 2.05) is 0 Å². The van der Waals surface area contributed by atoms with E-state index in [2.05, 4.69) is 31.1 Å². The van der Waals surface area contributed by atoms with E-state index < -0.39 is 4.92 Å². The van der Waals surface area contributed by atoms with Crippen LogP contribution in [-0.4, -0.2) is 36.0 Å². The van der Waals surface area contributed by atoms with Crippen LogP contribution in [0.2, 0.25) is 0 Å². The van der Waals surface area contributed by atoms with Crippen LogP contribution in [0, 0.1) is 10.1 Å². The molecule has 0 aromatic heterocycles. The number of non-ortho nitro benzene ring substituents is 1. The van der Waals surface area contributed by atoms with Gasteiger partial charge in [-0.05, 0) is 26.5 Å². The summed E-state index contributed by atoms with van der Waals surface area (Å²) in [6, 6.07) is 5.09. The lowest BCUT2D eigenvalue weighted by Gasteiger charge is -2.23. The molecule has 1 unspecified atom stereocenters. The van der Waals surface area contributed by atoms with E-state index in [0.29, 0.717) is 17.4 Å². The van der Waals surface area contributed by atoms with Crippen molar-refractivity contribution < 1.29 is 4.92 Å². The van der Waals surface area contributed by atoms with Gasteiger partial charge < -0.3 is 16.0 Å². The molecule has 0 saturated carbocycles. The fourth-order valence-electron chi connectivity index (χ4n) is 1.75. The number of nitrogens with one attached hydrogen (secondary N) is 1. The number of likely N-dealkylation sites (N-methyl/N-ethyl adjacent to an activating group) is 1. The van der Waals surface area contributed by atoms with Gasteiger partial charge in [0.05, 0.1) is 4.92 Å². The Labute approximate surface area is 113 Å². The molecule has 0 amide bonds. The molecule has 3 N–H and O–H groups in total. The maximum absolute atomic E-state index is 10.7. The van der Waals surface area contributed by atoms with Gasteiger partial charge in [-0.25, -0.2) is 0 Å². The minimum atomic E-state index is -0.438. The van der Waals surface area contributed by atoms with E-state index in [1.165, 1.54) is 12.1 Å². The molecule has 0 aliphatic carbocycles. The summed E-state index contributed by atoms with van der Waals surface area (Å²) < 4.78 is 0. The van der Waals surface area contributed by atoms with Crippen LogP contribution in [-0.2, 0) is 0 Å². The van der Waals surface area contributed by atoms with Crippen molar-refractivity contribution in [3.8, 4) is 0 Å². The molecule has 6 heteroatoms. The van der Waals surface area contributed by atoms with Crippen LogP contribution >= 0.6 is 0 Å². The number of anilines is 2. The number of nitro groups is 1. The first-order chi connectivity index (χ1) is 8.93. The Balaban J connectivity index is 2.56. The van der Waals surface area contributed by atoms with E-state index in [0.717, 1.165) is 19.5 Å². The molecule has 0 radical (unpaired) electrons. The van der Waals surface area contributed by atoms with Gasteiger partial charge >= 0.3 is 0 Å². The summed E-state index contributed by atoms with van der Waals surface area (Å²) in [5, 5.41) is 13.9. The van der Waals surface area contributed by atoms with Crippen LogP contribution in [0.1, 0.15) is 20.3 Å². The molecule has 1 aromatic rings. The second kappa shape index (κ2) is 6.94. The zero-order valence-electron chi connectivity index (χ0n) is 11.7. The Morgan fingerprint density at radius 1 is 1.47 bits per heavy atom. The summed E-state index contributed by atoms with van der Waals surface area (Å²) in [6.45, 7) is 5.92. The van der Waals surface area contributed by atoms with Gasteiger partial charge in [0.1, 0.15) is 0 Å². The number of nitrogen functional groups attached to an aromatic ring is 1. The molecular weight excluding hydrogens is 244 g/mol. The first kappa shape index (κ1) is 15.2. The SMILES string of the molecule is CCC(C)N(C)CCNc1cc(N)cc([N+](=O)[O-])c1. The predicted molar refractivity (Wildman–Crippen MR) is 78.4 cm³/mol. The van der Waals surface area contributed by atoms with E-state index in [9.17, 15) is 10.1 Å². The van der Waals surface area contributed by atoms with E-state index in [1.54, 1.807) is 6.07 Å². The fraction of sp³-hybridized carbons (Fsp3) is 0.538. The summed E-state index contributed by atoms with van der Waals surface area (Å²) in [7, 11) is 2.07. The lowest BCUT2D eigenvalue weighted by molar-refractivity contribution is -0.384. The lowest BCUT2D eigenvalue weighted by atomic mass is 10.2. The predicted octanol–water partition coefficient (Wildman–Crippen LogP) is 2.32. The summed E-state index contributed by atoms with van der Waals surface area (Å²) in [5.41, 5.74) is 6.74. The van der Waals surface area contributed by atoms with Gasteiger partial charge in [-0.2, -0.15) is 0 Å². The van der Waals surface area contributed by atoms with Crippen molar-refractivity contribution in [1.82, 2.24) is 4.90 Å². The van der Waals surface area contributed by atoms with Gasteiger partial charge in [0, 0.05) is 42.6 Å². The zero-order chi connectivity index (χ0) is 14.4. The monoisotopic (exact) mass is 266 g/mol. The highest BCUT2D eigenvalue weighted by molar-refractivity contribution is 5.61. The second-order valence-corrected chi connectivity index (χ2v) is 4.73. The number of rotatable bonds is 7. The number of nitrogens with two attached hydrogens (primary N) is 1. The maximum atomic E-state index is 10.7. The number of hydrogen-bond donors (Lipinski definition) is 2. The van der Waals surface area contributed by atoms with Crippen molar-refractivity contribution >= 4 is 17.1 Å². The van der Waals surface area contributed by atoms with Gasteiger partial charge in [-0.1, -0.05) is 6.92 Å². The Bertz CT molecular complexity index is 437. The quantitative estimate of drug-likeness (QED) is 0.449. The summed E-state index contributed by atoms with van der Waals surface area (Å²) in [6.07, 6.45) is 1.10. The average molecular weight is 266 g/mol. The van der Waals surface area contributed by atoms with E-state index in [4.69, 9.17) is 5.73 Å². The molecule has 0 aliphatic heterocycles. The summed E-state index contributed by atoms with van der Waals surface area (Å²) >= 11 is 0. The summed E-state index contributed by atoms with van der Waals surface area (Å²) in [4.78, 5) is 12.5. The smallest absolute Gasteiger partial charge is 0.273 e. The van der Waals surface area contributed by atoms with Crippen molar-refractivity contribution in [3.05, 3.63) is 28.3 Å². The van der Waals surface area contributed by atoms with Crippen LogP contribution in [0.5, 0.6) is 0 Å². The molecular formula is C13H22N4O2. The minimum Gasteiger partial charge on any atom is -0.398 e. The second-order valence-electron chi connectivity index (χ2n) is 4.73. The first-order valence-corrected chi connectivity index (χ1v) is 6.43. The zero-order valence-corrected chi connectivity index (χ0v) is 11.7. The normalized spacial score (nSPS) is 12.4. The molecule has 0 aliphatic rings. The Morgan fingerprint density at radius 2 is 2.16 bits per heavy atom. The maximum Gasteiger partial charge on any atom is 0.273 e. The van der Waals surface area contributed by atoms with Gasteiger partial charge in [0.2, 0.25) is 0 Å². The molecule has 19 heavy (non-hydrogen) atoms. The number of hydrogen-bond acceptors (Lipinski definition) is 5. The van der Waals surface area contributed by atoms with Gasteiger partial charge in [-0.15, -0.1) is 0 Å². The minimum absolute atomic E-state index is 0.0118. The highest BCUT2D eigenvalue weighted by Gasteiger charge is 2.09. The number of nitro benzene ring substituents is 1. The topological polar surface area (TPSA) is 84.4 Å². The molecule has 1 aromatic carbocycles. The molecule has 0 spiro atoms. The van der Waals surface area contributed by atoms with Crippen molar-refractivity contribution in [2.75, 3.05) is 31.2 Å². The third-order valence-electron chi connectivity index (χ3n) is 3.29. The van der Waals surface area contributed by atoms with Crippen LogP contribution in [0.15, 0.2) is 18.2 Å². The molecule has 6 nitrogen and oxygen atoms in total. The molecule has 0 saturated heterocycles. The fourth-order valence-corrected chi connectivity index (χ4v) is 1.75. The molecule has 106 valence electrons. The summed E-state index contributed by atoms with van der Waals surface area (Å²) in [5.74, 6) is 0. The lowest BCUT2D eigenvalue weighted by Crippen LogP contribution is -2.32. The van der Waals surface area contributed by atoms with Crippen LogP contribution in [0.25, 0.3) is 0 Å². The molecule has 1 rings (SSSR count). The van der Waals surface area contributed by atoms with Gasteiger partial charge in [0.15, 0.2) is 0 Å². The Morgan fingerprint density at radius 3 is 2.74 bits per heavy atom. The first-order valence-electron chi connectivity index (χ1n) is 6.43. The van der Waals surface area contributed by atoms with Crippen molar-refractivity contribution in [3.63, 3.8) is 0 Å². The highest BCUT2D eigenvalue weighted by atomic mass is 16.6. The van der Waals surface area contributed by atoms with E-state index >= 15 is 0 Å². The molecule has 0 bridgehead atoms. The average Bonchev–Trinajstić information content (AvgIpc) is 2.36. The Kier molecular flexibility index (Phi) is 5.57. The molecule has 1 atom stereocenters. The molecule has 0 heterocycles. The largest absolute Gasteiger partial charge is 0.398 e. The van der Waals surface area contributed by atoms with Crippen LogP contribution < -0.4 is 11.1 Å². The van der Waals surface area contributed by atoms with Crippen molar-refractivity contribution in [2.24, 2.45) is 0 Å². The van der Waals surface area contributed by atoms with Crippen molar-refractivity contribution in [2.45, 2.75) is 26.3 Å². The third kappa shape index (κ3) is 4.75. The van der Waals surface area contributed by atoms with Gasteiger partial charge in [-0.3, -0.25) is 10.1 Å². The van der Waals surface area contributed by atoms with Crippen LogP contribution in [0.3, 0.4) is 0 Å². The highest BCUT2D eigenvalue weighted by Crippen LogP contribution is 2.22. The van der Waals surface area contributed by atoms with E-state index in [-0.39, 0.29) is 5.69 Å². The standard InChI is InChI=1S/C13H22N4O2/c1-4-10(2)16(3)6-5-15-12-7-11(14)8-13(9-12)17(18)19/h7-10,15H,4-6,14H2,1-3H3. The number of benzene rings is 1. The number of nitrogens with zero attached hydrogens (tertiary/aromatic N) is 2.